The van der Waals surface area contributed by atoms with Crippen molar-refractivity contribution in [3.8, 4) is 5.75 Å². The van der Waals surface area contributed by atoms with E-state index in [0.717, 1.165) is 21.9 Å². The van der Waals surface area contributed by atoms with Crippen molar-refractivity contribution in [2.24, 2.45) is 0 Å². The first kappa shape index (κ1) is 15.1. The Morgan fingerprint density at radius 3 is 2.43 bits per heavy atom. The molecule has 0 spiro atoms. The third kappa shape index (κ3) is 3.51. The first-order valence-corrected chi connectivity index (χ1v) is 7.56. The van der Waals surface area contributed by atoms with Gasteiger partial charge in [0, 0.05) is 6.42 Å². The van der Waals surface area contributed by atoms with Crippen LogP contribution in [0, 0.1) is 6.92 Å². The van der Waals surface area contributed by atoms with Gasteiger partial charge in [0.1, 0.15) is 5.75 Å². The van der Waals surface area contributed by atoms with Gasteiger partial charge in [0.05, 0.1) is 0 Å². The van der Waals surface area contributed by atoms with Crippen molar-refractivity contribution >= 4 is 16.7 Å². The predicted molar refractivity (Wildman–Crippen MR) is 90.9 cm³/mol. The van der Waals surface area contributed by atoms with Crippen molar-refractivity contribution in [1.29, 1.82) is 0 Å². The zero-order chi connectivity index (χ0) is 16.2. The summed E-state index contributed by atoms with van der Waals surface area (Å²) in [5.41, 5.74) is 2.06. The van der Waals surface area contributed by atoms with Gasteiger partial charge in [-0.25, -0.2) is 4.79 Å². The van der Waals surface area contributed by atoms with Gasteiger partial charge in [-0.05, 0) is 41.0 Å². The molecule has 3 nitrogen and oxygen atoms in total. The van der Waals surface area contributed by atoms with Gasteiger partial charge < -0.3 is 9.84 Å². The molecule has 0 saturated carbocycles. The Labute approximate surface area is 135 Å². The van der Waals surface area contributed by atoms with E-state index < -0.39 is 12.1 Å². The van der Waals surface area contributed by atoms with Crippen molar-refractivity contribution in [2.45, 2.75) is 19.4 Å². The van der Waals surface area contributed by atoms with Gasteiger partial charge in [-0.1, -0.05) is 54.6 Å². The van der Waals surface area contributed by atoms with Gasteiger partial charge in [-0.15, -0.1) is 0 Å². The van der Waals surface area contributed by atoms with Crippen molar-refractivity contribution in [3.63, 3.8) is 0 Å². The molecule has 0 aliphatic carbocycles. The largest absolute Gasteiger partial charge is 0.478 e. The fraction of sp³-hybridized carbons (Fsp3) is 0.150. The topological polar surface area (TPSA) is 46.5 Å². The lowest BCUT2D eigenvalue weighted by Gasteiger charge is -2.16. The third-order valence-corrected chi connectivity index (χ3v) is 3.94. The van der Waals surface area contributed by atoms with Crippen LogP contribution in [0.3, 0.4) is 0 Å². The van der Waals surface area contributed by atoms with Crippen molar-refractivity contribution in [2.75, 3.05) is 0 Å². The van der Waals surface area contributed by atoms with Crippen LogP contribution in [0.25, 0.3) is 10.8 Å². The van der Waals surface area contributed by atoms with Gasteiger partial charge in [0.2, 0.25) is 0 Å². The van der Waals surface area contributed by atoms with E-state index in [0.29, 0.717) is 12.2 Å². The summed E-state index contributed by atoms with van der Waals surface area (Å²) in [6, 6.07) is 21.3. The van der Waals surface area contributed by atoms with Gasteiger partial charge in [-0.2, -0.15) is 0 Å². The lowest BCUT2D eigenvalue weighted by molar-refractivity contribution is -0.145. The fourth-order valence-corrected chi connectivity index (χ4v) is 2.62. The van der Waals surface area contributed by atoms with E-state index in [9.17, 15) is 9.90 Å². The Morgan fingerprint density at radius 2 is 1.70 bits per heavy atom. The molecule has 0 aliphatic heterocycles. The number of carboxylic acid groups (broad SMARTS) is 1. The average Bonchev–Trinajstić information content (AvgIpc) is 2.56. The Kier molecular flexibility index (Phi) is 4.29. The molecule has 0 aliphatic rings. The number of aliphatic carboxylic acids is 1. The van der Waals surface area contributed by atoms with E-state index in [1.54, 1.807) is 0 Å². The molecule has 116 valence electrons. The van der Waals surface area contributed by atoms with Gasteiger partial charge in [0.15, 0.2) is 6.10 Å². The molecule has 0 bridgehead atoms. The second-order valence-electron chi connectivity index (χ2n) is 5.58. The number of benzene rings is 3. The monoisotopic (exact) mass is 306 g/mol. The first-order valence-electron chi connectivity index (χ1n) is 7.56. The minimum Gasteiger partial charge on any atom is -0.478 e. The minimum atomic E-state index is -0.957. The maximum atomic E-state index is 11.6. The van der Waals surface area contributed by atoms with Gasteiger partial charge in [-0.3, -0.25) is 0 Å². The number of carbonyl (C=O) groups is 1. The van der Waals surface area contributed by atoms with Crippen LogP contribution in [0.15, 0.2) is 66.7 Å². The molecule has 0 unspecified atom stereocenters. The molecule has 0 fully saturated rings. The Bertz CT molecular complexity index is 839. The fourth-order valence-electron chi connectivity index (χ4n) is 2.62. The van der Waals surface area contributed by atoms with Gasteiger partial charge in [0.25, 0.3) is 0 Å². The highest BCUT2D eigenvalue weighted by molar-refractivity contribution is 5.84. The van der Waals surface area contributed by atoms with E-state index in [1.165, 1.54) is 0 Å². The highest BCUT2D eigenvalue weighted by Crippen LogP contribution is 2.22. The zero-order valence-corrected chi connectivity index (χ0v) is 12.9. The number of fused-ring (bicyclic) bond motifs is 1. The smallest absolute Gasteiger partial charge is 0.345 e. The Hall–Kier alpha value is -2.81. The number of hydrogen-bond donors (Lipinski definition) is 1. The first-order chi connectivity index (χ1) is 11.1. The summed E-state index contributed by atoms with van der Waals surface area (Å²) in [4.78, 5) is 11.6. The van der Waals surface area contributed by atoms with E-state index >= 15 is 0 Å². The molecular weight excluding hydrogens is 288 g/mol. The Balaban J connectivity index is 1.84. The highest BCUT2D eigenvalue weighted by atomic mass is 16.5. The summed E-state index contributed by atoms with van der Waals surface area (Å²) in [7, 11) is 0. The summed E-state index contributed by atoms with van der Waals surface area (Å²) in [6.07, 6.45) is -0.563. The highest BCUT2D eigenvalue weighted by Gasteiger charge is 2.21. The lowest BCUT2D eigenvalue weighted by Crippen LogP contribution is -2.29. The van der Waals surface area contributed by atoms with E-state index in [-0.39, 0.29) is 0 Å². The summed E-state index contributed by atoms with van der Waals surface area (Å²) in [5.74, 6) is -0.383. The Morgan fingerprint density at radius 1 is 1.00 bits per heavy atom. The summed E-state index contributed by atoms with van der Waals surface area (Å²) in [6.45, 7) is 1.98. The molecule has 0 heterocycles. The molecule has 0 amide bonds. The van der Waals surface area contributed by atoms with Crippen LogP contribution in [0.4, 0.5) is 0 Å². The second-order valence-corrected chi connectivity index (χ2v) is 5.58. The molecular formula is C20H18O3. The number of aryl methyl sites for hydroxylation is 1. The zero-order valence-electron chi connectivity index (χ0n) is 12.9. The molecule has 3 aromatic rings. The summed E-state index contributed by atoms with van der Waals surface area (Å²) < 4.78 is 5.74. The van der Waals surface area contributed by atoms with Crippen LogP contribution >= 0.6 is 0 Å². The molecule has 0 radical (unpaired) electrons. The number of rotatable bonds is 5. The molecule has 23 heavy (non-hydrogen) atoms. The standard InChI is InChI=1S/C20H18O3/c1-14-6-2-3-8-16(14)13-19(20(21)22)23-18-11-10-15-7-4-5-9-17(15)12-18/h2-12,19H,13H2,1H3,(H,21,22)/t19-/m0/s1. The molecule has 3 aromatic carbocycles. The van der Waals surface area contributed by atoms with E-state index in [2.05, 4.69) is 0 Å². The third-order valence-electron chi connectivity index (χ3n) is 3.94. The van der Waals surface area contributed by atoms with Gasteiger partial charge >= 0.3 is 5.97 Å². The van der Waals surface area contributed by atoms with Crippen LogP contribution in [0.2, 0.25) is 0 Å². The van der Waals surface area contributed by atoms with Crippen LogP contribution in [-0.4, -0.2) is 17.2 Å². The average molecular weight is 306 g/mol. The minimum absolute atomic E-state index is 0.342. The maximum Gasteiger partial charge on any atom is 0.345 e. The molecule has 3 rings (SSSR count). The molecule has 0 aromatic heterocycles. The summed E-state index contributed by atoms with van der Waals surface area (Å²) >= 11 is 0. The van der Waals surface area contributed by atoms with Crippen molar-refractivity contribution < 1.29 is 14.6 Å². The normalized spacial score (nSPS) is 12.0. The van der Waals surface area contributed by atoms with Crippen molar-refractivity contribution in [1.82, 2.24) is 0 Å². The predicted octanol–water partition coefficient (Wildman–Crippen LogP) is 4.22. The van der Waals surface area contributed by atoms with E-state index in [4.69, 9.17) is 4.74 Å². The summed E-state index contributed by atoms with van der Waals surface area (Å²) in [5, 5.41) is 11.6. The van der Waals surface area contributed by atoms with Crippen LogP contribution in [-0.2, 0) is 11.2 Å². The molecule has 1 N–H and O–H groups in total. The number of carboxylic acids is 1. The quantitative estimate of drug-likeness (QED) is 0.767. The van der Waals surface area contributed by atoms with Crippen LogP contribution in [0.5, 0.6) is 5.75 Å². The van der Waals surface area contributed by atoms with Crippen LogP contribution in [0.1, 0.15) is 11.1 Å². The van der Waals surface area contributed by atoms with Crippen LogP contribution < -0.4 is 4.74 Å². The van der Waals surface area contributed by atoms with E-state index in [1.807, 2.05) is 73.7 Å². The SMILES string of the molecule is Cc1ccccc1C[C@H](Oc1ccc2ccccc2c1)C(=O)O. The maximum absolute atomic E-state index is 11.6. The lowest BCUT2D eigenvalue weighted by atomic mass is 10.0. The number of ether oxygens (including phenoxy) is 1. The molecule has 1 atom stereocenters. The molecule has 3 heteroatoms. The molecule has 0 saturated heterocycles. The number of hydrogen-bond acceptors (Lipinski definition) is 2. The second kappa shape index (κ2) is 6.53. The van der Waals surface area contributed by atoms with Crippen molar-refractivity contribution in [3.05, 3.63) is 77.9 Å².